The molecule has 0 aliphatic carbocycles. The second-order valence-electron chi connectivity index (χ2n) is 6.51. The van der Waals surface area contributed by atoms with Crippen LogP contribution >= 0.6 is 11.8 Å². The molecule has 8 heteroatoms. The Bertz CT molecular complexity index is 626. The molecule has 1 amide bonds. The summed E-state index contributed by atoms with van der Waals surface area (Å²) in [7, 11) is 0. The summed E-state index contributed by atoms with van der Waals surface area (Å²) in [5, 5.41) is 2.88. The standard InChI is InChI=1S/C19H26F3N3OS/c1-3-24-10-12-25(13-11-24)15(2)14-23-18(26)9-6-16-4-7-17(8-5-16)27-19(20,21)22/h4-9,15H,3,10-14H2,1-2H3,(H,23,26)/b9-6+. The summed E-state index contributed by atoms with van der Waals surface area (Å²) in [5.41, 5.74) is -3.61. The number of piperazine rings is 1. The molecule has 0 bridgehead atoms. The van der Waals surface area contributed by atoms with Gasteiger partial charge in [0.15, 0.2) is 0 Å². The number of hydrogen-bond donors (Lipinski definition) is 1. The van der Waals surface area contributed by atoms with Gasteiger partial charge >= 0.3 is 5.51 Å². The third-order valence-electron chi connectivity index (χ3n) is 4.59. The van der Waals surface area contributed by atoms with E-state index in [1.165, 1.54) is 18.2 Å². The molecule has 1 aromatic carbocycles. The number of carbonyl (C=O) groups excluding carboxylic acids is 1. The molecule has 1 saturated heterocycles. The fraction of sp³-hybridized carbons (Fsp3) is 0.526. The van der Waals surface area contributed by atoms with Crippen LogP contribution in [0.5, 0.6) is 0 Å². The highest BCUT2D eigenvalue weighted by Gasteiger charge is 2.28. The summed E-state index contributed by atoms with van der Waals surface area (Å²) >= 11 is -0.151. The van der Waals surface area contributed by atoms with E-state index in [0.29, 0.717) is 12.1 Å². The molecular formula is C19H26F3N3OS. The van der Waals surface area contributed by atoms with Gasteiger partial charge in [-0.3, -0.25) is 9.69 Å². The Morgan fingerprint density at radius 3 is 2.41 bits per heavy atom. The van der Waals surface area contributed by atoms with Gasteiger partial charge in [-0.05, 0) is 49.0 Å². The molecule has 1 aliphatic rings. The van der Waals surface area contributed by atoms with Crippen LogP contribution in [0.4, 0.5) is 13.2 Å². The number of likely N-dealkylation sites (N-methyl/N-ethyl adjacent to an activating group) is 1. The minimum Gasteiger partial charge on any atom is -0.351 e. The number of alkyl halides is 3. The number of carbonyl (C=O) groups is 1. The number of rotatable bonds is 7. The molecule has 4 nitrogen and oxygen atoms in total. The number of amides is 1. The molecule has 0 radical (unpaired) electrons. The second-order valence-corrected chi connectivity index (χ2v) is 7.65. The van der Waals surface area contributed by atoms with Crippen LogP contribution in [0, 0.1) is 0 Å². The summed E-state index contributed by atoms with van der Waals surface area (Å²) in [4.78, 5) is 16.9. The molecule has 0 spiro atoms. The van der Waals surface area contributed by atoms with Gasteiger partial charge in [0.25, 0.3) is 0 Å². The molecule has 1 aromatic rings. The van der Waals surface area contributed by atoms with Gasteiger partial charge in [0.05, 0.1) is 0 Å². The average Bonchev–Trinajstić information content (AvgIpc) is 2.64. The maximum absolute atomic E-state index is 12.3. The highest BCUT2D eigenvalue weighted by Crippen LogP contribution is 2.36. The Morgan fingerprint density at radius 2 is 1.85 bits per heavy atom. The fourth-order valence-electron chi connectivity index (χ4n) is 2.91. The summed E-state index contributed by atoms with van der Waals surface area (Å²) in [6, 6.07) is 6.18. The zero-order valence-corrected chi connectivity index (χ0v) is 16.4. The molecule has 1 heterocycles. The van der Waals surface area contributed by atoms with Crippen molar-refractivity contribution in [1.29, 1.82) is 0 Å². The molecular weight excluding hydrogens is 375 g/mol. The van der Waals surface area contributed by atoms with E-state index >= 15 is 0 Å². The van der Waals surface area contributed by atoms with Crippen molar-refractivity contribution in [2.75, 3.05) is 39.3 Å². The first kappa shape index (κ1) is 21.8. The van der Waals surface area contributed by atoms with Crippen molar-refractivity contribution in [2.24, 2.45) is 0 Å². The van der Waals surface area contributed by atoms with E-state index in [2.05, 4.69) is 29.0 Å². The number of benzene rings is 1. The second kappa shape index (κ2) is 10.1. The van der Waals surface area contributed by atoms with E-state index in [9.17, 15) is 18.0 Å². The molecule has 150 valence electrons. The molecule has 0 aromatic heterocycles. The minimum absolute atomic E-state index is 0.126. The van der Waals surface area contributed by atoms with Gasteiger partial charge in [-0.15, -0.1) is 0 Å². The minimum atomic E-state index is -4.29. The predicted octanol–water partition coefficient (Wildman–Crippen LogP) is 3.45. The van der Waals surface area contributed by atoms with Crippen LogP contribution < -0.4 is 5.32 Å². The Labute approximate surface area is 162 Å². The number of halogens is 3. The molecule has 2 rings (SSSR count). The van der Waals surface area contributed by atoms with Gasteiger partial charge in [-0.25, -0.2) is 0 Å². The lowest BCUT2D eigenvalue weighted by Gasteiger charge is -2.37. The van der Waals surface area contributed by atoms with Gasteiger partial charge in [-0.1, -0.05) is 19.1 Å². The van der Waals surface area contributed by atoms with E-state index in [1.807, 2.05) is 0 Å². The summed E-state index contributed by atoms with van der Waals surface area (Å²) < 4.78 is 36.9. The van der Waals surface area contributed by atoms with Gasteiger partial charge in [0.2, 0.25) is 5.91 Å². The maximum Gasteiger partial charge on any atom is 0.446 e. The van der Waals surface area contributed by atoms with Crippen LogP contribution in [-0.2, 0) is 4.79 Å². The monoisotopic (exact) mass is 401 g/mol. The Morgan fingerprint density at radius 1 is 1.22 bits per heavy atom. The summed E-state index contributed by atoms with van der Waals surface area (Å²) in [6.45, 7) is 10.0. The molecule has 27 heavy (non-hydrogen) atoms. The van der Waals surface area contributed by atoms with Crippen molar-refractivity contribution in [3.05, 3.63) is 35.9 Å². The van der Waals surface area contributed by atoms with Crippen molar-refractivity contribution in [2.45, 2.75) is 30.3 Å². The lowest BCUT2D eigenvalue weighted by molar-refractivity contribution is -0.116. The Balaban J connectivity index is 1.75. The Kier molecular flexibility index (Phi) is 8.19. The van der Waals surface area contributed by atoms with E-state index < -0.39 is 5.51 Å². The quantitative estimate of drug-likeness (QED) is 0.561. The van der Waals surface area contributed by atoms with Crippen molar-refractivity contribution >= 4 is 23.7 Å². The molecule has 1 atom stereocenters. The highest BCUT2D eigenvalue weighted by atomic mass is 32.2. The first-order valence-corrected chi connectivity index (χ1v) is 9.86. The molecule has 1 fully saturated rings. The van der Waals surface area contributed by atoms with Gasteiger partial charge in [0.1, 0.15) is 0 Å². The van der Waals surface area contributed by atoms with E-state index in [4.69, 9.17) is 0 Å². The van der Waals surface area contributed by atoms with E-state index in [0.717, 1.165) is 32.7 Å². The van der Waals surface area contributed by atoms with Crippen LogP contribution in [0.15, 0.2) is 35.2 Å². The molecule has 1 N–H and O–H groups in total. The van der Waals surface area contributed by atoms with Crippen LogP contribution in [0.25, 0.3) is 6.08 Å². The first-order chi connectivity index (χ1) is 12.8. The van der Waals surface area contributed by atoms with Crippen LogP contribution in [-0.4, -0.2) is 66.5 Å². The first-order valence-electron chi connectivity index (χ1n) is 9.05. The lowest BCUT2D eigenvalue weighted by atomic mass is 10.2. The zero-order valence-electron chi connectivity index (χ0n) is 15.6. The van der Waals surface area contributed by atoms with Crippen molar-refractivity contribution in [3.8, 4) is 0 Å². The number of thioether (sulfide) groups is 1. The van der Waals surface area contributed by atoms with Crippen LogP contribution in [0.3, 0.4) is 0 Å². The Hall–Kier alpha value is -1.51. The van der Waals surface area contributed by atoms with E-state index in [1.54, 1.807) is 18.2 Å². The molecule has 1 unspecified atom stereocenters. The third kappa shape index (κ3) is 7.94. The topological polar surface area (TPSA) is 35.6 Å². The normalized spacial score (nSPS) is 18.0. The number of nitrogens with zero attached hydrogens (tertiary/aromatic N) is 2. The van der Waals surface area contributed by atoms with E-state index in [-0.39, 0.29) is 28.6 Å². The van der Waals surface area contributed by atoms with Crippen molar-refractivity contribution in [1.82, 2.24) is 15.1 Å². The number of nitrogens with one attached hydrogen (secondary N) is 1. The smallest absolute Gasteiger partial charge is 0.351 e. The van der Waals surface area contributed by atoms with Gasteiger partial charge in [0, 0.05) is 49.7 Å². The van der Waals surface area contributed by atoms with Gasteiger partial charge < -0.3 is 10.2 Å². The average molecular weight is 401 g/mol. The van der Waals surface area contributed by atoms with Crippen LogP contribution in [0.1, 0.15) is 19.4 Å². The maximum atomic E-state index is 12.3. The van der Waals surface area contributed by atoms with Crippen LogP contribution in [0.2, 0.25) is 0 Å². The summed E-state index contributed by atoms with van der Waals surface area (Å²) in [5.74, 6) is -0.206. The van der Waals surface area contributed by atoms with Gasteiger partial charge in [-0.2, -0.15) is 13.2 Å². The number of hydrogen-bond acceptors (Lipinski definition) is 4. The predicted molar refractivity (Wildman–Crippen MR) is 104 cm³/mol. The third-order valence-corrected chi connectivity index (χ3v) is 5.33. The van der Waals surface area contributed by atoms with Crippen molar-refractivity contribution in [3.63, 3.8) is 0 Å². The van der Waals surface area contributed by atoms with Crippen molar-refractivity contribution < 1.29 is 18.0 Å². The fourth-order valence-corrected chi connectivity index (χ4v) is 3.45. The largest absolute Gasteiger partial charge is 0.446 e. The lowest BCUT2D eigenvalue weighted by Crippen LogP contribution is -2.52. The summed E-state index contributed by atoms with van der Waals surface area (Å²) in [6.07, 6.45) is 3.01. The molecule has 0 saturated carbocycles. The SMILES string of the molecule is CCN1CCN(C(C)CNC(=O)/C=C/c2ccc(SC(F)(F)F)cc2)CC1. The highest BCUT2D eigenvalue weighted by molar-refractivity contribution is 8.00. The zero-order chi connectivity index (χ0) is 19.9. The molecule has 1 aliphatic heterocycles.